The predicted octanol–water partition coefficient (Wildman–Crippen LogP) is -0.602. The van der Waals surface area contributed by atoms with Crippen LogP contribution in [0.4, 0.5) is 5.69 Å². The smallest absolute Gasteiger partial charge is 0.387 e. The van der Waals surface area contributed by atoms with Crippen molar-refractivity contribution < 1.29 is 38.4 Å². The van der Waals surface area contributed by atoms with Crippen LogP contribution in [0.1, 0.15) is 11.8 Å². The molecule has 1 aliphatic rings. The van der Waals surface area contributed by atoms with Gasteiger partial charge in [-0.25, -0.2) is 9.36 Å². The normalized spacial score (nSPS) is 23.7. The van der Waals surface area contributed by atoms with Crippen molar-refractivity contribution in [3.05, 3.63) is 73.0 Å². The fourth-order valence-electron chi connectivity index (χ4n) is 3.06. The van der Waals surface area contributed by atoms with Gasteiger partial charge in [-0.05, 0) is 6.07 Å². The molecule has 1 fully saturated rings. The van der Waals surface area contributed by atoms with Gasteiger partial charge in [-0.1, -0.05) is 12.1 Å². The molecule has 4 N–H and O–H groups in total. The van der Waals surface area contributed by atoms with E-state index < -0.39 is 55.1 Å². The average molecular weight is 459 g/mol. The van der Waals surface area contributed by atoms with Crippen LogP contribution in [-0.4, -0.2) is 54.3 Å². The van der Waals surface area contributed by atoms with Crippen molar-refractivity contribution in [1.29, 1.82) is 0 Å². The first-order valence-electron chi connectivity index (χ1n) is 8.76. The van der Waals surface area contributed by atoms with Crippen LogP contribution in [0.3, 0.4) is 0 Å². The maximum Gasteiger partial charge on any atom is 0.469 e. The van der Waals surface area contributed by atoms with Crippen LogP contribution in [0.25, 0.3) is 0 Å². The van der Waals surface area contributed by atoms with Crippen LogP contribution >= 0.6 is 7.82 Å². The summed E-state index contributed by atoms with van der Waals surface area (Å²) in [5.74, 6) is 0. The molecule has 0 amide bonds. The number of aromatic nitrogens is 2. The summed E-state index contributed by atoms with van der Waals surface area (Å²) < 4.78 is 27.4. The highest BCUT2D eigenvalue weighted by molar-refractivity contribution is 7.46. The summed E-state index contributed by atoms with van der Waals surface area (Å²) in [5, 5.41) is 21.8. The molecule has 168 valence electrons. The fraction of sp³-hybridized carbons (Fsp3) is 0.375. The second-order valence-electron chi connectivity index (χ2n) is 6.52. The number of phosphoric acid groups is 1. The molecule has 1 aromatic heterocycles. The standard InChI is InChI=1S/C16H18N3O11P/c20-12-5-6-18(16(22)17-12)15-14(13(21)11(30-15)8-29-31(25,26)27)28-7-9-3-1-2-4-10(9)19(23)24/h1-6,11,13-15,21H,7-8H2,(H,17,20,22)(H2,25,26,27)/t11-,13-,14-,15-/m1/s1. The number of nitro groups is 1. The van der Waals surface area contributed by atoms with Gasteiger partial charge in [0.15, 0.2) is 6.23 Å². The molecule has 0 radical (unpaired) electrons. The molecule has 0 bridgehead atoms. The van der Waals surface area contributed by atoms with Gasteiger partial charge in [0, 0.05) is 18.3 Å². The van der Waals surface area contributed by atoms with Crippen molar-refractivity contribution >= 4 is 13.5 Å². The molecule has 0 aliphatic carbocycles. The van der Waals surface area contributed by atoms with Crippen LogP contribution in [0.2, 0.25) is 0 Å². The van der Waals surface area contributed by atoms with Gasteiger partial charge in [0.2, 0.25) is 0 Å². The topological polar surface area (TPSA) is 203 Å². The Kier molecular flexibility index (Phi) is 6.81. The lowest BCUT2D eigenvalue weighted by Gasteiger charge is -2.22. The van der Waals surface area contributed by atoms with E-state index in [0.717, 1.165) is 16.8 Å². The number of nitro benzene ring substituents is 1. The van der Waals surface area contributed by atoms with E-state index in [1.54, 1.807) is 6.07 Å². The van der Waals surface area contributed by atoms with E-state index in [4.69, 9.17) is 19.3 Å². The zero-order chi connectivity index (χ0) is 22.8. The minimum Gasteiger partial charge on any atom is -0.387 e. The highest BCUT2D eigenvalue weighted by Gasteiger charge is 2.47. The van der Waals surface area contributed by atoms with Crippen molar-refractivity contribution in [2.24, 2.45) is 0 Å². The van der Waals surface area contributed by atoms with Crippen molar-refractivity contribution in [2.75, 3.05) is 6.61 Å². The van der Waals surface area contributed by atoms with Crippen molar-refractivity contribution in [3.63, 3.8) is 0 Å². The molecule has 1 aromatic carbocycles. The summed E-state index contributed by atoms with van der Waals surface area (Å²) in [6.45, 7) is -1.08. The number of ether oxygens (including phenoxy) is 2. The molecule has 1 saturated heterocycles. The maximum atomic E-state index is 12.2. The Morgan fingerprint density at radius 2 is 1.97 bits per heavy atom. The van der Waals surface area contributed by atoms with Crippen molar-refractivity contribution in [2.45, 2.75) is 31.1 Å². The summed E-state index contributed by atoms with van der Waals surface area (Å²) >= 11 is 0. The van der Waals surface area contributed by atoms with Crippen LogP contribution < -0.4 is 11.2 Å². The Hall–Kier alpha value is -2.71. The number of rotatable bonds is 8. The van der Waals surface area contributed by atoms with Gasteiger partial charge in [0.1, 0.15) is 18.3 Å². The fourth-order valence-corrected chi connectivity index (χ4v) is 3.40. The lowest BCUT2D eigenvalue weighted by molar-refractivity contribution is -0.386. The molecule has 15 heteroatoms. The molecule has 2 aromatic rings. The minimum atomic E-state index is -4.88. The van der Waals surface area contributed by atoms with E-state index in [9.17, 15) is 29.4 Å². The van der Waals surface area contributed by atoms with E-state index in [1.807, 2.05) is 4.98 Å². The van der Waals surface area contributed by atoms with Crippen LogP contribution in [-0.2, 0) is 25.2 Å². The Bertz CT molecular complexity index is 1110. The summed E-state index contributed by atoms with van der Waals surface area (Å²) in [6.07, 6.45) is -4.38. The molecule has 0 saturated carbocycles. The van der Waals surface area contributed by atoms with Gasteiger partial charge in [0.05, 0.1) is 23.7 Å². The molecule has 3 rings (SSSR count). The molecule has 14 nitrogen and oxygen atoms in total. The van der Waals surface area contributed by atoms with E-state index in [0.29, 0.717) is 0 Å². The maximum absolute atomic E-state index is 12.2. The number of hydrogen-bond acceptors (Lipinski definition) is 9. The first-order chi connectivity index (χ1) is 14.6. The zero-order valence-corrected chi connectivity index (χ0v) is 16.5. The van der Waals surface area contributed by atoms with Crippen LogP contribution in [0.15, 0.2) is 46.1 Å². The largest absolute Gasteiger partial charge is 0.469 e. The van der Waals surface area contributed by atoms with Gasteiger partial charge < -0.3 is 24.4 Å². The van der Waals surface area contributed by atoms with Crippen molar-refractivity contribution in [1.82, 2.24) is 9.55 Å². The van der Waals surface area contributed by atoms with E-state index in [-0.39, 0.29) is 17.9 Å². The SMILES string of the molecule is O=c1ccn([C@@H]2O[C@H](COP(=O)(O)O)[C@@H](O)[C@H]2OCc2ccccc2[N+](=O)[O-])c(=O)[nH]1. The molecular formula is C16H18N3O11P. The van der Waals surface area contributed by atoms with E-state index >= 15 is 0 Å². The Balaban J connectivity index is 1.88. The molecule has 0 unspecified atom stereocenters. The number of aromatic amines is 1. The lowest BCUT2D eigenvalue weighted by Crippen LogP contribution is -2.39. The Morgan fingerprint density at radius 3 is 2.61 bits per heavy atom. The molecule has 31 heavy (non-hydrogen) atoms. The zero-order valence-electron chi connectivity index (χ0n) is 15.6. The first kappa shape index (κ1) is 23.0. The third-order valence-electron chi connectivity index (χ3n) is 4.46. The van der Waals surface area contributed by atoms with Crippen LogP contribution in [0.5, 0.6) is 0 Å². The van der Waals surface area contributed by atoms with Crippen LogP contribution in [0, 0.1) is 10.1 Å². The second-order valence-corrected chi connectivity index (χ2v) is 7.76. The molecule has 0 spiro atoms. The first-order valence-corrected chi connectivity index (χ1v) is 10.3. The number of nitrogens with zero attached hydrogens (tertiary/aromatic N) is 2. The molecular weight excluding hydrogens is 441 g/mol. The minimum absolute atomic E-state index is 0.183. The summed E-state index contributed by atoms with van der Waals surface area (Å²) in [4.78, 5) is 53.8. The molecule has 2 heterocycles. The quantitative estimate of drug-likeness (QED) is 0.223. The second kappa shape index (κ2) is 9.20. The highest BCUT2D eigenvalue weighted by Crippen LogP contribution is 2.39. The van der Waals surface area contributed by atoms with Gasteiger partial charge in [-0.2, -0.15) is 0 Å². The number of phosphoric ester groups is 1. The van der Waals surface area contributed by atoms with Gasteiger partial charge >= 0.3 is 13.5 Å². The number of nitrogens with one attached hydrogen (secondary N) is 1. The third-order valence-corrected chi connectivity index (χ3v) is 4.95. The Morgan fingerprint density at radius 1 is 1.26 bits per heavy atom. The van der Waals surface area contributed by atoms with Crippen molar-refractivity contribution in [3.8, 4) is 0 Å². The predicted molar refractivity (Wildman–Crippen MR) is 101 cm³/mol. The summed E-state index contributed by atoms with van der Waals surface area (Å²) in [7, 11) is -4.88. The number of benzene rings is 1. The van der Waals surface area contributed by atoms with E-state index in [1.165, 1.54) is 18.2 Å². The summed E-state index contributed by atoms with van der Waals surface area (Å²) in [5.41, 5.74) is -1.61. The summed E-state index contributed by atoms with van der Waals surface area (Å²) in [6, 6.07) is 6.74. The number of para-hydroxylation sites is 1. The van der Waals surface area contributed by atoms with Gasteiger partial charge in [0.25, 0.3) is 11.2 Å². The number of H-pyrrole nitrogens is 1. The lowest BCUT2D eigenvalue weighted by atomic mass is 10.1. The molecule has 1 aliphatic heterocycles. The van der Waals surface area contributed by atoms with E-state index in [2.05, 4.69) is 4.52 Å². The number of aliphatic hydroxyl groups is 1. The van der Waals surface area contributed by atoms with Gasteiger partial charge in [-0.15, -0.1) is 0 Å². The highest BCUT2D eigenvalue weighted by atomic mass is 31.2. The number of hydrogen-bond donors (Lipinski definition) is 4. The number of aliphatic hydroxyl groups excluding tert-OH is 1. The monoisotopic (exact) mass is 459 g/mol. The molecule has 4 atom stereocenters. The third kappa shape index (κ3) is 5.51. The average Bonchev–Trinajstić information content (AvgIpc) is 2.99. The Labute approximate surface area is 173 Å². The van der Waals surface area contributed by atoms with Gasteiger partial charge in [-0.3, -0.25) is 29.0 Å².